The smallest absolute Gasteiger partial charge is 0.0361 e. The van der Waals surface area contributed by atoms with Crippen molar-refractivity contribution in [3.63, 3.8) is 0 Å². The van der Waals surface area contributed by atoms with Crippen molar-refractivity contribution < 1.29 is 0 Å². The summed E-state index contributed by atoms with van der Waals surface area (Å²) in [6, 6.07) is 19.7. The number of nitrogens with zero attached hydrogens (tertiary/aromatic N) is 1. The molecule has 2 rings (SSSR count). The first kappa shape index (κ1) is 15.6. The van der Waals surface area contributed by atoms with Crippen LogP contribution >= 0.6 is 0 Å². The lowest BCUT2D eigenvalue weighted by molar-refractivity contribution is 0.303. The van der Waals surface area contributed by atoms with E-state index in [1.807, 2.05) is 0 Å². The third-order valence-corrected chi connectivity index (χ3v) is 5.16. The van der Waals surface area contributed by atoms with Crippen LogP contribution in [-0.2, 0) is 10.8 Å². The van der Waals surface area contributed by atoms with Crippen molar-refractivity contribution >= 4 is 5.69 Å². The monoisotopic (exact) mass is 281 g/mol. The Labute approximate surface area is 129 Å². The highest BCUT2D eigenvalue weighted by molar-refractivity contribution is 5.48. The van der Waals surface area contributed by atoms with Crippen LogP contribution in [0.1, 0.15) is 38.8 Å². The summed E-state index contributed by atoms with van der Waals surface area (Å²) in [4.78, 5) is 2.14. The summed E-state index contributed by atoms with van der Waals surface area (Å²) in [5, 5.41) is 0. The molecule has 2 aromatic rings. The molecule has 0 spiro atoms. The van der Waals surface area contributed by atoms with Gasteiger partial charge in [-0.3, -0.25) is 0 Å². The van der Waals surface area contributed by atoms with E-state index < -0.39 is 0 Å². The van der Waals surface area contributed by atoms with Gasteiger partial charge in [-0.25, -0.2) is 0 Å². The van der Waals surface area contributed by atoms with Gasteiger partial charge in [-0.1, -0.05) is 70.2 Å². The summed E-state index contributed by atoms with van der Waals surface area (Å²) in [5.41, 5.74) is 4.12. The summed E-state index contributed by atoms with van der Waals surface area (Å²) in [6.45, 7) is 9.35. The minimum Gasteiger partial charge on any atom is -0.378 e. The molecule has 0 radical (unpaired) electrons. The fraction of sp³-hybridized carbons (Fsp3) is 0.400. The van der Waals surface area contributed by atoms with Gasteiger partial charge in [0.15, 0.2) is 0 Å². The quantitative estimate of drug-likeness (QED) is 0.761. The molecule has 1 heteroatoms. The van der Waals surface area contributed by atoms with Gasteiger partial charge in [-0.05, 0) is 34.1 Å². The van der Waals surface area contributed by atoms with E-state index in [-0.39, 0.29) is 10.8 Å². The second kappa shape index (κ2) is 5.55. The molecule has 0 bridgehead atoms. The van der Waals surface area contributed by atoms with E-state index in [1.54, 1.807) is 0 Å². The first-order chi connectivity index (χ1) is 9.76. The van der Waals surface area contributed by atoms with Crippen LogP contribution in [-0.4, -0.2) is 14.1 Å². The van der Waals surface area contributed by atoms with E-state index in [2.05, 4.69) is 101 Å². The van der Waals surface area contributed by atoms with Crippen LogP contribution in [0.25, 0.3) is 0 Å². The van der Waals surface area contributed by atoms with E-state index in [0.717, 1.165) is 0 Å². The Kier molecular flexibility index (Phi) is 4.13. The van der Waals surface area contributed by atoms with E-state index in [0.29, 0.717) is 0 Å². The molecule has 112 valence electrons. The van der Waals surface area contributed by atoms with Crippen molar-refractivity contribution in [2.24, 2.45) is 0 Å². The lowest BCUT2D eigenvalue weighted by atomic mass is 9.61. The Hall–Kier alpha value is -1.76. The molecule has 0 saturated heterocycles. The van der Waals surface area contributed by atoms with Gasteiger partial charge in [0.05, 0.1) is 0 Å². The Morgan fingerprint density at radius 3 is 1.48 bits per heavy atom. The van der Waals surface area contributed by atoms with Crippen molar-refractivity contribution in [2.45, 2.75) is 38.5 Å². The summed E-state index contributed by atoms with van der Waals surface area (Å²) >= 11 is 0. The molecule has 0 unspecified atom stereocenters. The summed E-state index contributed by atoms with van der Waals surface area (Å²) < 4.78 is 0. The largest absolute Gasteiger partial charge is 0.378 e. The zero-order chi connectivity index (χ0) is 15.7. The molecule has 0 aliphatic carbocycles. The highest BCUT2D eigenvalue weighted by Crippen LogP contribution is 2.43. The third-order valence-electron chi connectivity index (χ3n) is 5.16. The van der Waals surface area contributed by atoms with Gasteiger partial charge in [0.1, 0.15) is 0 Å². The minimum absolute atomic E-state index is 0.0548. The van der Waals surface area contributed by atoms with Crippen molar-refractivity contribution in [3.8, 4) is 0 Å². The molecular formula is C20H27N. The highest BCUT2D eigenvalue weighted by Gasteiger charge is 2.39. The molecule has 2 aromatic carbocycles. The van der Waals surface area contributed by atoms with Crippen LogP contribution in [0, 0.1) is 0 Å². The van der Waals surface area contributed by atoms with Crippen molar-refractivity contribution in [1.29, 1.82) is 0 Å². The third kappa shape index (κ3) is 2.83. The molecule has 0 fully saturated rings. The van der Waals surface area contributed by atoms with Gasteiger partial charge in [0.25, 0.3) is 0 Å². The molecule has 0 saturated carbocycles. The molecular weight excluding hydrogens is 254 g/mol. The van der Waals surface area contributed by atoms with Gasteiger partial charge in [0.2, 0.25) is 0 Å². The maximum Gasteiger partial charge on any atom is 0.0361 e. The zero-order valence-electron chi connectivity index (χ0n) is 14.1. The molecule has 0 aromatic heterocycles. The second-order valence-corrected chi connectivity index (χ2v) is 7.06. The van der Waals surface area contributed by atoms with E-state index >= 15 is 0 Å². The lowest BCUT2D eigenvalue weighted by Crippen LogP contribution is -2.40. The predicted octanol–water partition coefficient (Wildman–Crippen LogP) is 5.01. The minimum atomic E-state index is 0.0548. The molecule has 0 atom stereocenters. The standard InChI is InChI=1S/C20H27N/c1-19(2,16-10-8-7-9-11-16)20(3,4)17-12-14-18(15-13-17)21(5)6/h7-15H,1-6H3. The number of hydrogen-bond acceptors (Lipinski definition) is 1. The summed E-state index contributed by atoms with van der Waals surface area (Å²) in [7, 11) is 4.15. The van der Waals surface area contributed by atoms with Crippen molar-refractivity contribution in [3.05, 3.63) is 65.7 Å². The maximum absolute atomic E-state index is 2.34. The van der Waals surface area contributed by atoms with Gasteiger partial charge in [0, 0.05) is 19.8 Å². The Balaban J connectivity index is 2.40. The molecule has 0 heterocycles. The van der Waals surface area contributed by atoms with Crippen LogP contribution in [0.4, 0.5) is 5.69 Å². The average molecular weight is 281 g/mol. The number of hydrogen-bond donors (Lipinski definition) is 0. The molecule has 0 N–H and O–H groups in total. The highest BCUT2D eigenvalue weighted by atomic mass is 15.1. The van der Waals surface area contributed by atoms with Crippen LogP contribution in [0.2, 0.25) is 0 Å². The van der Waals surface area contributed by atoms with Gasteiger partial charge >= 0.3 is 0 Å². The Bertz CT molecular complexity index is 577. The molecule has 0 aliphatic rings. The van der Waals surface area contributed by atoms with Crippen molar-refractivity contribution in [1.82, 2.24) is 0 Å². The fourth-order valence-corrected chi connectivity index (χ4v) is 2.75. The lowest BCUT2D eigenvalue weighted by Gasteiger charge is -2.43. The first-order valence-corrected chi connectivity index (χ1v) is 7.60. The molecule has 0 aliphatic heterocycles. The van der Waals surface area contributed by atoms with Crippen LogP contribution in [0.3, 0.4) is 0 Å². The van der Waals surface area contributed by atoms with Crippen molar-refractivity contribution in [2.75, 3.05) is 19.0 Å². The van der Waals surface area contributed by atoms with Crippen LogP contribution in [0.15, 0.2) is 54.6 Å². The number of rotatable bonds is 4. The molecule has 21 heavy (non-hydrogen) atoms. The SMILES string of the molecule is CN(C)c1ccc(C(C)(C)C(C)(C)c2ccccc2)cc1. The Morgan fingerprint density at radius 1 is 0.619 bits per heavy atom. The Morgan fingerprint density at radius 2 is 1.05 bits per heavy atom. The van der Waals surface area contributed by atoms with E-state index in [4.69, 9.17) is 0 Å². The fourth-order valence-electron chi connectivity index (χ4n) is 2.75. The second-order valence-electron chi connectivity index (χ2n) is 7.06. The van der Waals surface area contributed by atoms with Crippen LogP contribution < -0.4 is 4.90 Å². The predicted molar refractivity (Wildman–Crippen MR) is 93.3 cm³/mol. The molecule has 1 nitrogen and oxygen atoms in total. The summed E-state index contributed by atoms with van der Waals surface area (Å²) in [6.07, 6.45) is 0. The van der Waals surface area contributed by atoms with Gasteiger partial charge in [-0.15, -0.1) is 0 Å². The van der Waals surface area contributed by atoms with Gasteiger partial charge in [-0.2, -0.15) is 0 Å². The van der Waals surface area contributed by atoms with Gasteiger partial charge < -0.3 is 4.90 Å². The molecule has 0 amide bonds. The normalized spacial score (nSPS) is 12.3. The van der Waals surface area contributed by atoms with E-state index in [9.17, 15) is 0 Å². The maximum atomic E-state index is 2.34. The zero-order valence-corrected chi connectivity index (χ0v) is 14.1. The number of anilines is 1. The van der Waals surface area contributed by atoms with Crippen LogP contribution in [0.5, 0.6) is 0 Å². The number of benzene rings is 2. The topological polar surface area (TPSA) is 3.24 Å². The van der Waals surface area contributed by atoms with E-state index in [1.165, 1.54) is 16.8 Å². The average Bonchev–Trinajstić information content (AvgIpc) is 2.48. The first-order valence-electron chi connectivity index (χ1n) is 7.60. The summed E-state index contributed by atoms with van der Waals surface area (Å²) in [5.74, 6) is 0.